The van der Waals surface area contributed by atoms with Crippen molar-refractivity contribution in [2.75, 3.05) is 32.1 Å². The number of hydrogen-bond acceptors (Lipinski definition) is 3. The Bertz CT molecular complexity index is 169. The Kier molecular flexibility index (Phi) is 4.59. The van der Waals surface area contributed by atoms with E-state index in [0.717, 1.165) is 19.5 Å². The van der Waals surface area contributed by atoms with Gasteiger partial charge in [-0.3, -0.25) is 4.79 Å². The molecule has 0 aromatic heterocycles. The van der Waals surface area contributed by atoms with Gasteiger partial charge in [0.05, 0.1) is 5.75 Å². The van der Waals surface area contributed by atoms with Crippen LogP contribution >= 0.6 is 11.8 Å². The fourth-order valence-corrected chi connectivity index (χ4v) is 2.04. The summed E-state index contributed by atoms with van der Waals surface area (Å²) in [7, 11) is 1.91. The second-order valence-electron chi connectivity index (χ2n) is 3.44. The number of carbonyl (C=O) groups is 1. The van der Waals surface area contributed by atoms with Gasteiger partial charge in [0.25, 0.3) is 0 Å². The van der Waals surface area contributed by atoms with E-state index in [0.29, 0.717) is 11.8 Å². The number of carbonyl (C=O) groups excluding carboxylic acids is 1. The van der Waals surface area contributed by atoms with Crippen LogP contribution in [0.5, 0.6) is 0 Å². The zero-order valence-corrected chi connectivity index (χ0v) is 9.19. The van der Waals surface area contributed by atoms with Crippen LogP contribution in [0.2, 0.25) is 0 Å². The second-order valence-corrected chi connectivity index (χ2v) is 4.30. The SMILES string of the molecule is CSCC(=O)N(C)C1CCCNC1. The summed E-state index contributed by atoms with van der Waals surface area (Å²) in [6.45, 7) is 2.05. The van der Waals surface area contributed by atoms with Crippen LogP contribution in [0.4, 0.5) is 0 Å². The summed E-state index contributed by atoms with van der Waals surface area (Å²) in [6, 6.07) is 0.411. The van der Waals surface area contributed by atoms with Crippen LogP contribution in [0.25, 0.3) is 0 Å². The van der Waals surface area contributed by atoms with Gasteiger partial charge in [-0.15, -0.1) is 0 Å². The second kappa shape index (κ2) is 5.50. The first kappa shape index (κ1) is 10.9. The lowest BCUT2D eigenvalue weighted by atomic mass is 10.1. The zero-order valence-electron chi connectivity index (χ0n) is 8.38. The van der Waals surface area contributed by atoms with E-state index in [-0.39, 0.29) is 5.91 Å². The average molecular weight is 202 g/mol. The first-order valence-electron chi connectivity index (χ1n) is 4.71. The molecule has 1 amide bonds. The summed E-state index contributed by atoms with van der Waals surface area (Å²) in [5, 5.41) is 3.31. The number of thioether (sulfide) groups is 1. The molecule has 1 rings (SSSR count). The van der Waals surface area contributed by atoms with Gasteiger partial charge in [0.15, 0.2) is 0 Å². The lowest BCUT2D eigenvalue weighted by Gasteiger charge is -2.31. The molecule has 1 saturated heterocycles. The van der Waals surface area contributed by atoms with Crippen molar-refractivity contribution >= 4 is 17.7 Å². The van der Waals surface area contributed by atoms with Gasteiger partial charge in [-0.2, -0.15) is 11.8 Å². The molecule has 1 fully saturated rings. The number of nitrogens with zero attached hydrogens (tertiary/aromatic N) is 1. The fourth-order valence-electron chi connectivity index (χ4n) is 1.59. The summed E-state index contributed by atoms with van der Waals surface area (Å²) < 4.78 is 0. The molecule has 4 heteroatoms. The molecular formula is C9H18N2OS. The van der Waals surface area contributed by atoms with E-state index < -0.39 is 0 Å². The lowest BCUT2D eigenvalue weighted by Crippen LogP contribution is -2.47. The van der Waals surface area contributed by atoms with E-state index in [1.165, 1.54) is 6.42 Å². The largest absolute Gasteiger partial charge is 0.341 e. The van der Waals surface area contributed by atoms with Crippen LogP contribution in [0.15, 0.2) is 0 Å². The van der Waals surface area contributed by atoms with Gasteiger partial charge in [-0.25, -0.2) is 0 Å². The minimum Gasteiger partial charge on any atom is -0.341 e. The van der Waals surface area contributed by atoms with Gasteiger partial charge in [-0.05, 0) is 25.6 Å². The standard InChI is InChI=1S/C9H18N2OS/c1-11(9(12)7-13-2)8-4-3-5-10-6-8/h8,10H,3-7H2,1-2H3. The van der Waals surface area contributed by atoms with Crippen molar-refractivity contribution in [3.8, 4) is 0 Å². The molecular weight excluding hydrogens is 184 g/mol. The number of nitrogens with one attached hydrogen (secondary N) is 1. The van der Waals surface area contributed by atoms with Gasteiger partial charge >= 0.3 is 0 Å². The van der Waals surface area contributed by atoms with Crippen molar-refractivity contribution in [3.63, 3.8) is 0 Å². The molecule has 1 atom stereocenters. The Balaban J connectivity index is 2.35. The Morgan fingerprint density at radius 2 is 2.46 bits per heavy atom. The van der Waals surface area contributed by atoms with E-state index in [1.807, 2.05) is 18.2 Å². The summed E-state index contributed by atoms with van der Waals surface area (Å²) in [4.78, 5) is 13.4. The van der Waals surface area contributed by atoms with Crippen LogP contribution in [-0.4, -0.2) is 49.0 Å². The highest BCUT2D eigenvalue weighted by molar-refractivity contribution is 7.99. The van der Waals surface area contributed by atoms with E-state index in [4.69, 9.17) is 0 Å². The van der Waals surface area contributed by atoms with Crippen molar-refractivity contribution in [1.29, 1.82) is 0 Å². The van der Waals surface area contributed by atoms with Crippen LogP contribution in [-0.2, 0) is 4.79 Å². The third kappa shape index (κ3) is 3.19. The van der Waals surface area contributed by atoms with Gasteiger partial charge in [0.2, 0.25) is 5.91 Å². The maximum atomic E-state index is 11.5. The van der Waals surface area contributed by atoms with Crippen molar-refractivity contribution in [3.05, 3.63) is 0 Å². The highest BCUT2D eigenvalue weighted by Gasteiger charge is 2.20. The molecule has 1 aliphatic rings. The molecule has 76 valence electrons. The van der Waals surface area contributed by atoms with Crippen molar-refractivity contribution < 1.29 is 4.79 Å². The third-order valence-electron chi connectivity index (χ3n) is 2.48. The van der Waals surface area contributed by atoms with Gasteiger partial charge in [0, 0.05) is 19.6 Å². The Hall–Kier alpha value is -0.220. The highest BCUT2D eigenvalue weighted by atomic mass is 32.2. The summed E-state index contributed by atoms with van der Waals surface area (Å²) in [5.74, 6) is 0.855. The first-order valence-corrected chi connectivity index (χ1v) is 6.10. The van der Waals surface area contributed by atoms with Crippen molar-refractivity contribution in [2.24, 2.45) is 0 Å². The maximum Gasteiger partial charge on any atom is 0.232 e. The van der Waals surface area contributed by atoms with E-state index >= 15 is 0 Å². The molecule has 0 aromatic rings. The molecule has 13 heavy (non-hydrogen) atoms. The third-order valence-corrected chi connectivity index (χ3v) is 3.02. The summed E-state index contributed by atoms with van der Waals surface area (Å²) >= 11 is 1.59. The van der Waals surface area contributed by atoms with Crippen LogP contribution < -0.4 is 5.32 Å². The highest BCUT2D eigenvalue weighted by Crippen LogP contribution is 2.09. The van der Waals surface area contributed by atoms with Gasteiger partial charge in [0.1, 0.15) is 0 Å². The monoisotopic (exact) mass is 202 g/mol. The predicted molar refractivity (Wildman–Crippen MR) is 57.0 cm³/mol. The van der Waals surface area contributed by atoms with Crippen molar-refractivity contribution in [1.82, 2.24) is 10.2 Å². The molecule has 0 aliphatic carbocycles. The number of rotatable bonds is 3. The predicted octanol–water partition coefficient (Wildman–Crippen LogP) is 0.560. The molecule has 0 spiro atoms. The van der Waals surface area contributed by atoms with E-state index in [9.17, 15) is 4.79 Å². The van der Waals surface area contributed by atoms with Crippen LogP contribution in [0, 0.1) is 0 Å². The van der Waals surface area contributed by atoms with Gasteiger partial charge < -0.3 is 10.2 Å². The van der Waals surface area contributed by atoms with Crippen LogP contribution in [0.3, 0.4) is 0 Å². The maximum absolute atomic E-state index is 11.5. The lowest BCUT2D eigenvalue weighted by molar-refractivity contribution is -0.129. The zero-order chi connectivity index (χ0) is 9.68. The number of amides is 1. The quantitative estimate of drug-likeness (QED) is 0.726. The Morgan fingerprint density at radius 3 is 3.00 bits per heavy atom. The average Bonchev–Trinajstić information content (AvgIpc) is 2.18. The molecule has 1 N–H and O–H groups in total. The minimum atomic E-state index is 0.251. The molecule has 0 radical (unpaired) electrons. The Morgan fingerprint density at radius 1 is 1.69 bits per heavy atom. The van der Waals surface area contributed by atoms with Gasteiger partial charge in [-0.1, -0.05) is 0 Å². The molecule has 0 bridgehead atoms. The molecule has 3 nitrogen and oxygen atoms in total. The normalized spacial score (nSPS) is 22.8. The number of likely N-dealkylation sites (N-methyl/N-ethyl adjacent to an activating group) is 1. The fraction of sp³-hybridized carbons (Fsp3) is 0.889. The summed E-state index contributed by atoms with van der Waals surface area (Å²) in [5.41, 5.74) is 0. The first-order chi connectivity index (χ1) is 6.25. The minimum absolute atomic E-state index is 0.251. The topological polar surface area (TPSA) is 32.3 Å². The van der Waals surface area contributed by atoms with E-state index in [1.54, 1.807) is 11.8 Å². The van der Waals surface area contributed by atoms with Crippen LogP contribution in [0.1, 0.15) is 12.8 Å². The molecule has 1 aliphatic heterocycles. The molecule has 0 saturated carbocycles. The smallest absolute Gasteiger partial charge is 0.232 e. The summed E-state index contributed by atoms with van der Waals surface area (Å²) in [6.07, 6.45) is 4.29. The molecule has 1 heterocycles. The number of hydrogen-bond donors (Lipinski definition) is 1. The van der Waals surface area contributed by atoms with E-state index in [2.05, 4.69) is 5.32 Å². The molecule has 1 unspecified atom stereocenters. The Labute approximate surface area is 84.2 Å². The van der Waals surface area contributed by atoms with Crippen molar-refractivity contribution in [2.45, 2.75) is 18.9 Å². The number of piperidine rings is 1. The molecule has 0 aromatic carbocycles.